The SMILES string of the molecule is CN(CCc1nc2ccc(Cl)cc2[nH]1)Cc1nc(-c2ccccc2)no1. The highest BCUT2D eigenvalue weighted by Crippen LogP contribution is 2.18. The van der Waals surface area contributed by atoms with Crippen molar-refractivity contribution >= 4 is 22.6 Å². The molecular formula is C19H18ClN5O. The zero-order valence-corrected chi connectivity index (χ0v) is 15.1. The lowest BCUT2D eigenvalue weighted by molar-refractivity contribution is 0.268. The number of halogens is 1. The second-order valence-electron chi connectivity index (χ2n) is 6.21. The van der Waals surface area contributed by atoms with Crippen LogP contribution in [-0.2, 0) is 13.0 Å². The van der Waals surface area contributed by atoms with Gasteiger partial charge in [0.05, 0.1) is 17.6 Å². The summed E-state index contributed by atoms with van der Waals surface area (Å²) in [6.07, 6.45) is 0.794. The van der Waals surface area contributed by atoms with Crippen molar-refractivity contribution in [1.29, 1.82) is 0 Å². The van der Waals surface area contributed by atoms with Gasteiger partial charge in [-0.05, 0) is 25.2 Å². The number of hydrogen-bond acceptors (Lipinski definition) is 5. The van der Waals surface area contributed by atoms with Gasteiger partial charge in [-0.25, -0.2) is 4.98 Å². The van der Waals surface area contributed by atoms with Crippen molar-refractivity contribution in [2.75, 3.05) is 13.6 Å². The molecule has 0 aliphatic carbocycles. The number of hydrogen-bond donors (Lipinski definition) is 1. The van der Waals surface area contributed by atoms with E-state index in [-0.39, 0.29) is 0 Å². The molecule has 6 nitrogen and oxygen atoms in total. The van der Waals surface area contributed by atoms with Gasteiger partial charge in [0.1, 0.15) is 5.82 Å². The van der Waals surface area contributed by atoms with Crippen LogP contribution in [0.15, 0.2) is 53.1 Å². The largest absolute Gasteiger partial charge is 0.342 e. The van der Waals surface area contributed by atoms with Gasteiger partial charge in [0.15, 0.2) is 0 Å². The summed E-state index contributed by atoms with van der Waals surface area (Å²) in [6.45, 7) is 1.41. The second kappa shape index (κ2) is 7.27. The van der Waals surface area contributed by atoms with Crippen LogP contribution in [-0.4, -0.2) is 38.6 Å². The number of fused-ring (bicyclic) bond motifs is 1. The lowest BCUT2D eigenvalue weighted by Crippen LogP contribution is -2.21. The Balaban J connectivity index is 1.36. The Kier molecular flexibility index (Phi) is 4.69. The number of benzene rings is 2. The molecule has 0 amide bonds. The van der Waals surface area contributed by atoms with Gasteiger partial charge in [0.2, 0.25) is 11.7 Å². The zero-order chi connectivity index (χ0) is 17.9. The van der Waals surface area contributed by atoms with Gasteiger partial charge in [-0.15, -0.1) is 0 Å². The van der Waals surface area contributed by atoms with E-state index < -0.39 is 0 Å². The normalized spacial score (nSPS) is 11.5. The molecule has 4 aromatic rings. The first-order chi connectivity index (χ1) is 12.7. The molecular weight excluding hydrogens is 350 g/mol. The Bertz CT molecular complexity index is 1010. The van der Waals surface area contributed by atoms with Crippen molar-refractivity contribution in [3.05, 3.63) is 65.3 Å². The van der Waals surface area contributed by atoms with Crippen LogP contribution in [0.4, 0.5) is 0 Å². The van der Waals surface area contributed by atoms with Gasteiger partial charge in [-0.1, -0.05) is 47.1 Å². The lowest BCUT2D eigenvalue weighted by atomic mass is 10.2. The molecule has 7 heteroatoms. The highest BCUT2D eigenvalue weighted by atomic mass is 35.5. The van der Waals surface area contributed by atoms with Crippen LogP contribution in [0.3, 0.4) is 0 Å². The third kappa shape index (κ3) is 3.76. The molecule has 4 rings (SSSR count). The van der Waals surface area contributed by atoms with Crippen molar-refractivity contribution in [1.82, 2.24) is 25.0 Å². The molecule has 0 aliphatic heterocycles. The smallest absolute Gasteiger partial charge is 0.241 e. The molecule has 0 spiro atoms. The van der Waals surface area contributed by atoms with Gasteiger partial charge in [0.25, 0.3) is 0 Å². The number of rotatable bonds is 6. The number of aromatic nitrogens is 4. The summed E-state index contributed by atoms with van der Waals surface area (Å²) in [5.41, 5.74) is 2.84. The molecule has 0 saturated heterocycles. The minimum atomic E-state index is 0.589. The van der Waals surface area contributed by atoms with E-state index in [9.17, 15) is 0 Å². The predicted octanol–water partition coefficient (Wildman–Crippen LogP) is 3.94. The molecule has 2 aromatic carbocycles. The van der Waals surface area contributed by atoms with E-state index in [0.717, 1.165) is 35.4 Å². The molecule has 0 saturated carbocycles. The topological polar surface area (TPSA) is 70.8 Å². The fourth-order valence-corrected chi connectivity index (χ4v) is 2.96. The quantitative estimate of drug-likeness (QED) is 0.559. The van der Waals surface area contributed by atoms with Crippen molar-refractivity contribution in [2.24, 2.45) is 0 Å². The van der Waals surface area contributed by atoms with Crippen LogP contribution in [0.25, 0.3) is 22.4 Å². The fourth-order valence-electron chi connectivity index (χ4n) is 2.78. The highest BCUT2D eigenvalue weighted by molar-refractivity contribution is 6.31. The van der Waals surface area contributed by atoms with E-state index in [0.29, 0.717) is 23.3 Å². The Morgan fingerprint density at radius 3 is 2.81 bits per heavy atom. The van der Waals surface area contributed by atoms with E-state index in [1.54, 1.807) is 0 Å². The van der Waals surface area contributed by atoms with Gasteiger partial charge < -0.3 is 9.51 Å². The standard InChI is InChI=1S/C19H18ClN5O/c1-25(10-9-17-21-15-8-7-14(20)11-16(15)22-17)12-18-23-19(24-26-18)13-5-3-2-4-6-13/h2-8,11H,9-10,12H2,1H3,(H,21,22). The molecule has 1 N–H and O–H groups in total. The fraction of sp³-hybridized carbons (Fsp3) is 0.211. The predicted molar refractivity (Wildman–Crippen MR) is 101 cm³/mol. The maximum absolute atomic E-state index is 6.01. The van der Waals surface area contributed by atoms with Crippen LogP contribution >= 0.6 is 11.6 Å². The molecule has 26 heavy (non-hydrogen) atoms. The molecule has 132 valence electrons. The molecule has 0 unspecified atom stereocenters. The maximum atomic E-state index is 6.01. The molecule has 2 heterocycles. The monoisotopic (exact) mass is 367 g/mol. The number of likely N-dealkylation sites (N-methyl/N-ethyl adjacent to an activating group) is 1. The third-order valence-corrected chi connectivity index (χ3v) is 4.36. The summed E-state index contributed by atoms with van der Waals surface area (Å²) in [6, 6.07) is 15.5. The van der Waals surface area contributed by atoms with E-state index in [2.05, 4.69) is 25.0 Å². The summed E-state index contributed by atoms with van der Waals surface area (Å²) in [5, 5.41) is 4.76. The van der Waals surface area contributed by atoms with Gasteiger partial charge in [-0.3, -0.25) is 4.90 Å². The van der Waals surface area contributed by atoms with Crippen molar-refractivity contribution < 1.29 is 4.52 Å². The summed E-state index contributed by atoms with van der Waals surface area (Å²) in [5.74, 6) is 2.15. The Hall–Kier alpha value is -2.70. The van der Waals surface area contributed by atoms with E-state index >= 15 is 0 Å². The molecule has 0 fully saturated rings. The molecule has 0 atom stereocenters. The van der Waals surface area contributed by atoms with Crippen LogP contribution < -0.4 is 0 Å². The number of nitrogens with one attached hydrogen (secondary N) is 1. The maximum Gasteiger partial charge on any atom is 0.241 e. The first-order valence-electron chi connectivity index (χ1n) is 8.38. The number of aromatic amines is 1. The van der Waals surface area contributed by atoms with Crippen LogP contribution in [0, 0.1) is 0 Å². The summed E-state index contributed by atoms with van der Waals surface area (Å²) in [4.78, 5) is 14.5. The van der Waals surface area contributed by atoms with Crippen LogP contribution in [0.1, 0.15) is 11.7 Å². The lowest BCUT2D eigenvalue weighted by Gasteiger charge is -2.12. The first kappa shape index (κ1) is 16.8. The van der Waals surface area contributed by atoms with Crippen molar-refractivity contribution in [3.8, 4) is 11.4 Å². The molecule has 0 aliphatic rings. The summed E-state index contributed by atoms with van der Waals surface area (Å²) < 4.78 is 5.36. The van der Waals surface area contributed by atoms with E-state index in [1.165, 1.54) is 0 Å². The van der Waals surface area contributed by atoms with Crippen LogP contribution in [0.5, 0.6) is 0 Å². The average molecular weight is 368 g/mol. The number of nitrogens with zero attached hydrogens (tertiary/aromatic N) is 4. The number of H-pyrrole nitrogens is 1. The summed E-state index contributed by atoms with van der Waals surface area (Å²) >= 11 is 6.01. The molecule has 0 radical (unpaired) electrons. The van der Waals surface area contributed by atoms with Gasteiger partial charge in [-0.2, -0.15) is 4.98 Å². The van der Waals surface area contributed by atoms with E-state index in [4.69, 9.17) is 16.1 Å². The van der Waals surface area contributed by atoms with Crippen molar-refractivity contribution in [3.63, 3.8) is 0 Å². The Labute approximate surface area is 155 Å². The zero-order valence-electron chi connectivity index (χ0n) is 14.3. The second-order valence-corrected chi connectivity index (χ2v) is 6.65. The minimum absolute atomic E-state index is 0.589. The van der Waals surface area contributed by atoms with Gasteiger partial charge in [0, 0.05) is 23.6 Å². The molecule has 0 bridgehead atoms. The first-order valence-corrected chi connectivity index (χ1v) is 8.76. The van der Waals surface area contributed by atoms with Gasteiger partial charge >= 0.3 is 0 Å². The average Bonchev–Trinajstić information content (AvgIpc) is 3.27. The highest BCUT2D eigenvalue weighted by Gasteiger charge is 2.11. The minimum Gasteiger partial charge on any atom is -0.342 e. The van der Waals surface area contributed by atoms with Crippen molar-refractivity contribution in [2.45, 2.75) is 13.0 Å². The van der Waals surface area contributed by atoms with Crippen LogP contribution in [0.2, 0.25) is 5.02 Å². The van der Waals surface area contributed by atoms with E-state index in [1.807, 2.05) is 55.6 Å². The Morgan fingerprint density at radius 2 is 1.96 bits per heavy atom. The number of imidazole rings is 1. The summed E-state index contributed by atoms with van der Waals surface area (Å²) in [7, 11) is 2.02. The Morgan fingerprint density at radius 1 is 1.12 bits per heavy atom. The third-order valence-electron chi connectivity index (χ3n) is 4.13. The molecule has 2 aromatic heterocycles.